The molecule has 0 bridgehead atoms. The molecule has 1 aromatic carbocycles. The van der Waals surface area contributed by atoms with Crippen molar-refractivity contribution in [2.45, 2.75) is 45.4 Å². The van der Waals surface area contributed by atoms with Crippen LogP contribution in [0, 0.1) is 0 Å². The SMILES string of the molecule is COc1c(Cl)cc(C(C)(C)C)cc1C(C)CCN. The van der Waals surface area contributed by atoms with Gasteiger partial charge in [0.15, 0.2) is 0 Å². The van der Waals surface area contributed by atoms with Crippen molar-refractivity contribution < 1.29 is 4.74 Å². The first-order valence-corrected chi connectivity index (χ1v) is 6.77. The molecule has 1 atom stereocenters. The lowest BCUT2D eigenvalue weighted by Crippen LogP contribution is -2.13. The number of hydrogen-bond acceptors (Lipinski definition) is 2. The van der Waals surface area contributed by atoms with E-state index in [9.17, 15) is 0 Å². The van der Waals surface area contributed by atoms with Gasteiger partial charge in [0.2, 0.25) is 0 Å². The summed E-state index contributed by atoms with van der Waals surface area (Å²) in [4.78, 5) is 0. The maximum Gasteiger partial charge on any atom is 0.140 e. The van der Waals surface area contributed by atoms with E-state index < -0.39 is 0 Å². The zero-order valence-corrected chi connectivity index (χ0v) is 12.8. The molecule has 1 aromatic rings. The summed E-state index contributed by atoms with van der Waals surface area (Å²) in [5.74, 6) is 1.13. The van der Waals surface area contributed by atoms with Gasteiger partial charge in [-0.05, 0) is 41.5 Å². The lowest BCUT2D eigenvalue weighted by Gasteiger charge is -2.24. The van der Waals surface area contributed by atoms with E-state index >= 15 is 0 Å². The Bertz CT molecular complexity index is 410. The fourth-order valence-corrected chi connectivity index (χ4v) is 2.34. The van der Waals surface area contributed by atoms with Gasteiger partial charge in [-0.2, -0.15) is 0 Å². The summed E-state index contributed by atoms with van der Waals surface area (Å²) in [6.07, 6.45) is 0.931. The number of ether oxygens (including phenoxy) is 1. The van der Waals surface area contributed by atoms with E-state index in [1.807, 2.05) is 6.07 Å². The summed E-state index contributed by atoms with van der Waals surface area (Å²) < 4.78 is 5.44. The Balaban J connectivity index is 3.32. The number of benzene rings is 1. The Morgan fingerprint density at radius 1 is 1.33 bits per heavy atom. The molecule has 0 aliphatic heterocycles. The summed E-state index contributed by atoms with van der Waals surface area (Å²) >= 11 is 6.33. The maximum absolute atomic E-state index is 6.33. The highest BCUT2D eigenvalue weighted by molar-refractivity contribution is 6.32. The second-order valence-electron chi connectivity index (χ2n) is 5.81. The van der Waals surface area contributed by atoms with Crippen LogP contribution in [-0.4, -0.2) is 13.7 Å². The largest absolute Gasteiger partial charge is 0.495 e. The van der Waals surface area contributed by atoms with Gasteiger partial charge in [0, 0.05) is 0 Å². The minimum atomic E-state index is 0.0765. The summed E-state index contributed by atoms with van der Waals surface area (Å²) in [7, 11) is 1.66. The molecule has 0 fully saturated rings. The van der Waals surface area contributed by atoms with E-state index in [4.69, 9.17) is 22.1 Å². The fourth-order valence-electron chi connectivity index (χ4n) is 2.03. The van der Waals surface area contributed by atoms with Crippen molar-refractivity contribution in [2.24, 2.45) is 5.73 Å². The molecule has 18 heavy (non-hydrogen) atoms. The Morgan fingerprint density at radius 3 is 2.39 bits per heavy atom. The third-order valence-corrected chi connectivity index (χ3v) is 3.55. The van der Waals surface area contributed by atoms with Crippen molar-refractivity contribution in [3.8, 4) is 5.75 Å². The third-order valence-electron chi connectivity index (χ3n) is 3.27. The number of methoxy groups -OCH3 is 1. The molecule has 3 heteroatoms. The van der Waals surface area contributed by atoms with Gasteiger partial charge in [0.05, 0.1) is 12.1 Å². The molecule has 0 saturated carbocycles. The van der Waals surface area contributed by atoms with Crippen LogP contribution in [0.5, 0.6) is 5.75 Å². The minimum absolute atomic E-state index is 0.0765. The first-order valence-electron chi connectivity index (χ1n) is 6.39. The molecular weight excluding hydrogens is 246 g/mol. The van der Waals surface area contributed by atoms with Crippen LogP contribution in [0.3, 0.4) is 0 Å². The molecular formula is C15H24ClNO. The average molecular weight is 270 g/mol. The zero-order chi connectivity index (χ0) is 13.9. The van der Waals surface area contributed by atoms with Gasteiger partial charge in [-0.3, -0.25) is 0 Å². The lowest BCUT2D eigenvalue weighted by atomic mass is 9.84. The monoisotopic (exact) mass is 269 g/mol. The van der Waals surface area contributed by atoms with E-state index in [0.29, 0.717) is 17.5 Å². The Morgan fingerprint density at radius 2 is 1.94 bits per heavy atom. The van der Waals surface area contributed by atoms with Gasteiger partial charge in [-0.1, -0.05) is 45.4 Å². The van der Waals surface area contributed by atoms with Crippen molar-refractivity contribution in [3.63, 3.8) is 0 Å². The lowest BCUT2D eigenvalue weighted by molar-refractivity contribution is 0.405. The van der Waals surface area contributed by atoms with Gasteiger partial charge in [0.25, 0.3) is 0 Å². The fraction of sp³-hybridized carbons (Fsp3) is 0.600. The highest BCUT2D eigenvalue weighted by Gasteiger charge is 2.21. The van der Waals surface area contributed by atoms with Crippen molar-refractivity contribution in [1.29, 1.82) is 0 Å². The molecule has 0 spiro atoms. The minimum Gasteiger partial charge on any atom is -0.495 e. The van der Waals surface area contributed by atoms with Gasteiger partial charge < -0.3 is 10.5 Å². The van der Waals surface area contributed by atoms with Crippen molar-refractivity contribution in [2.75, 3.05) is 13.7 Å². The molecule has 0 aliphatic carbocycles. The Labute approximate surface area is 115 Å². The average Bonchev–Trinajstić information content (AvgIpc) is 2.27. The molecule has 0 saturated heterocycles. The van der Waals surface area contributed by atoms with Crippen LogP contribution in [0.15, 0.2) is 12.1 Å². The molecule has 0 amide bonds. The number of nitrogens with two attached hydrogens (primary N) is 1. The summed E-state index contributed by atoms with van der Waals surface area (Å²) in [5, 5.41) is 0.684. The second-order valence-corrected chi connectivity index (χ2v) is 6.22. The predicted molar refractivity (Wildman–Crippen MR) is 78.8 cm³/mol. The molecule has 1 rings (SSSR count). The van der Waals surface area contributed by atoms with Crippen LogP contribution < -0.4 is 10.5 Å². The Kier molecular flexibility index (Phi) is 5.06. The van der Waals surface area contributed by atoms with Crippen LogP contribution in [-0.2, 0) is 5.41 Å². The maximum atomic E-state index is 6.33. The normalized spacial score (nSPS) is 13.5. The zero-order valence-electron chi connectivity index (χ0n) is 12.0. The van der Waals surface area contributed by atoms with Crippen molar-refractivity contribution in [1.82, 2.24) is 0 Å². The van der Waals surface area contributed by atoms with E-state index in [-0.39, 0.29) is 5.41 Å². The van der Waals surface area contributed by atoms with Crippen molar-refractivity contribution >= 4 is 11.6 Å². The van der Waals surface area contributed by atoms with Gasteiger partial charge in [-0.15, -0.1) is 0 Å². The highest BCUT2D eigenvalue weighted by atomic mass is 35.5. The molecule has 0 radical (unpaired) electrons. The molecule has 102 valence electrons. The van der Waals surface area contributed by atoms with Crippen LogP contribution in [0.4, 0.5) is 0 Å². The number of halogens is 1. The van der Waals surface area contributed by atoms with Gasteiger partial charge in [-0.25, -0.2) is 0 Å². The van der Waals surface area contributed by atoms with Crippen molar-refractivity contribution in [3.05, 3.63) is 28.3 Å². The molecule has 0 aromatic heterocycles. The van der Waals surface area contributed by atoms with Gasteiger partial charge >= 0.3 is 0 Å². The molecule has 1 unspecified atom stereocenters. The molecule has 0 aliphatic rings. The summed E-state index contributed by atoms with van der Waals surface area (Å²) in [6, 6.07) is 4.20. The highest BCUT2D eigenvalue weighted by Crippen LogP contribution is 2.38. The molecule has 2 nitrogen and oxygen atoms in total. The van der Waals surface area contributed by atoms with Crippen LogP contribution in [0.2, 0.25) is 5.02 Å². The summed E-state index contributed by atoms with van der Waals surface area (Å²) in [5.41, 5.74) is 8.10. The smallest absolute Gasteiger partial charge is 0.140 e. The van der Waals surface area contributed by atoms with Crippen LogP contribution >= 0.6 is 11.6 Å². The standard InChI is InChI=1S/C15H24ClNO/c1-10(6-7-17)12-8-11(15(2,3)4)9-13(16)14(12)18-5/h8-10H,6-7,17H2,1-5H3. The van der Waals surface area contributed by atoms with Crippen LogP contribution in [0.1, 0.15) is 51.2 Å². The first kappa shape index (κ1) is 15.3. The summed E-state index contributed by atoms with van der Waals surface area (Å²) in [6.45, 7) is 9.38. The van der Waals surface area contributed by atoms with E-state index in [1.165, 1.54) is 5.56 Å². The van der Waals surface area contributed by atoms with E-state index in [1.54, 1.807) is 7.11 Å². The first-order chi connectivity index (χ1) is 8.31. The van der Waals surface area contributed by atoms with Gasteiger partial charge in [0.1, 0.15) is 5.75 Å². The second kappa shape index (κ2) is 5.94. The topological polar surface area (TPSA) is 35.2 Å². The van der Waals surface area contributed by atoms with E-state index in [2.05, 4.69) is 33.8 Å². The number of hydrogen-bond donors (Lipinski definition) is 1. The third kappa shape index (κ3) is 3.39. The number of rotatable bonds is 4. The quantitative estimate of drug-likeness (QED) is 0.893. The molecule has 0 heterocycles. The van der Waals surface area contributed by atoms with E-state index in [0.717, 1.165) is 17.7 Å². The molecule has 2 N–H and O–H groups in total. The Hall–Kier alpha value is -0.730. The predicted octanol–water partition coefficient (Wildman–Crippen LogP) is 4.10. The van der Waals surface area contributed by atoms with Crippen LogP contribution in [0.25, 0.3) is 0 Å².